The fraction of sp³-hybridized carbons (Fsp3) is 0.304. The second-order valence-corrected chi connectivity index (χ2v) is 8.45. The highest BCUT2D eigenvalue weighted by Gasteiger charge is 2.38. The molecule has 0 amide bonds. The number of hydrogen-bond donors (Lipinski definition) is 2. The van der Waals surface area contributed by atoms with Gasteiger partial charge in [0.05, 0.1) is 22.0 Å². The Kier molecular flexibility index (Phi) is 5.45. The minimum Gasteiger partial charge on any atom is -0.506 e. The lowest BCUT2D eigenvalue weighted by Crippen LogP contribution is -2.27. The quantitative estimate of drug-likeness (QED) is 0.496. The highest BCUT2D eigenvalue weighted by atomic mass is 35.5. The van der Waals surface area contributed by atoms with Crippen LogP contribution in [0.25, 0.3) is 10.9 Å². The van der Waals surface area contributed by atoms with Crippen LogP contribution in [0.3, 0.4) is 0 Å². The molecule has 32 heavy (non-hydrogen) atoms. The smallest absolute Gasteiger partial charge is 0.416 e. The number of carboxylic acid groups (broad SMARTS) is 1. The van der Waals surface area contributed by atoms with E-state index in [4.69, 9.17) is 11.6 Å². The molecule has 4 rings (SSSR count). The van der Waals surface area contributed by atoms with Crippen molar-refractivity contribution in [2.75, 3.05) is 0 Å². The van der Waals surface area contributed by atoms with Gasteiger partial charge in [0.1, 0.15) is 5.75 Å². The Morgan fingerprint density at radius 3 is 2.28 bits per heavy atom. The van der Waals surface area contributed by atoms with Crippen molar-refractivity contribution in [1.29, 1.82) is 0 Å². The molecular weight excluding hydrogens is 447 g/mol. The van der Waals surface area contributed by atoms with Crippen LogP contribution in [0.4, 0.5) is 13.2 Å². The van der Waals surface area contributed by atoms with Gasteiger partial charge in [0.25, 0.3) is 5.91 Å². The Morgan fingerprint density at radius 2 is 1.78 bits per heavy atom. The molecule has 1 atom stereocenters. The first-order valence-corrected chi connectivity index (χ1v) is 10.4. The average Bonchev–Trinajstić information content (AvgIpc) is 2.94. The molecule has 9 heteroatoms. The standard InChI is InChI=1S/C23H19ClF3NO4/c1-11-19(20(22(31)32)12-3-2-4-12)15-9-18(29)16(24)10-17(15)28(11)21(30)13-5-7-14(8-6-13)23(25,26)27/h5-10,12,20,29H,2-4H2,1H3,(H,31,32). The van der Waals surface area contributed by atoms with Crippen LogP contribution in [0.1, 0.15) is 52.4 Å². The van der Waals surface area contributed by atoms with E-state index in [0.29, 0.717) is 16.6 Å². The number of halogens is 4. The number of carbonyl (C=O) groups excluding carboxylic acids is 1. The van der Waals surface area contributed by atoms with Crippen LogP contribution in [0.2, 0.25) is 5.02 Å². The van der Waals surface area contributed by atoms with Crippen LogP contribution < -0.4 is 0 Å². The van der Waals surface area contributed by atoms with E-state index in [-0.39, 0.29) is 27.8 Å². The summed E-state index contributed by atoms with van der Waals surface area (Å²) >= 11 is 6.07. The van der Waals surface area contributed by atoms with E-state index in [1.54, 1.807) is 6.92 Å². The highest BCUT2D eigenvalue weighted by Crippen LogP contribution is 2.45. The van der Waals surface area contributed by atoms with Crippen molar-refractivity contribution in [2.24, 2.45) is 5.92 Å². The number of carbonyl (C=O) groups is 2. The summed E-state index contributed by atoms with van der Waals surface area (Å²) in [6.07, 6.45) is -2.16. The predicted octanol–water partition coefficient (Wildman–Crippen LogP) is 5.98. The van der Waals surface area contributed by atoms with Crippen LogP contribution in [0.5, 0.6) is 5.75 Å². The van der Waals surface area contributed by atoms with E-state index in [9.17, 15) is 33.0 Å². The van der Waals surface area contributed by atoms with Gasteiger partial charge in [-0.15, -0.1) is 0 Å². The second kappa shape index (κ2) is 7.85. The number of nitrogens with zero attached hydrogens (tertiary/aromatic N) is 1. The van der Waals surface area contributed by atoms with Gasteiger partial charge in [-0.3, -0.25) is 14.2 Å². The predicted molar refractivity (Wildman–Crippen MR) is 112 cm³/mol. The van der Waals surface area contributed by atoms with Gasteiger partial charge in [-0.1, -0.05) is 18.0 Å². The van der Waals surface area contributed by atoms with Crippen LogP contribution in [-0.2, 0) is 11.0 Å². The lowest BCUT2D eigenvalue weighted by molar-refractivity contribution is -0.141. The lowest BCUT2D eigenvalue weighted by Gasteiger charge is -2.31. The third-order valence-electron chi connectivity index (χ3n) is 6.18. The number of rotatable bonds is 4. The normalized spacial score (nSPS) is 15.5. The van der Waals surface area contributed by atoms with Crippen molar-refractivity contribution in [3.63, 3.8) is 0 Å². The first-order valence-electron chi connectivity index (χ1n) is 9.99. The minimum atomic E-state index is -4.53. The maximum absolute atomic E-state index is 13.3. The zero-order valence-electron chi connectivity index (χ0n) is 16.9. The summed E-state index contributed by atoms with van der Waals surface area (Å²) in [5, 5.41) is 20.5. The van der Waals surface area contributed by atoms with Gasteiger partial charge in [0.2, 0.25) is 0 Å². The van der Waals surface area contributed by atoms with Crippen molar-refractivity contribution in [2.45, 2.75) is 38.3 Å². The Labute approximate surface area is 186 Å². The molecule has 3 aromatic rings. The summed E-state index contributed by atoms with van der Waals surface area (Å²) in [7, 11) is 0. The number of aromatic hydroxyl groups is 1. The molecule has 1 heterocycles. The molecule has 1 aliphatic carbocycles. The summed E-state index contributed by atoms with van der Waals surface area (Å²) < 4.78 is 39.9. The molecule has 2 N–H and O–H groups in total. The number of aromatic nitrogens is 1. The van der Waals surface area contributed by atoms with E-state index in [1.807, 2.05) is 0 Å². The van der Waals surface area contributed by atoms with E-state index >= 15 is 0 Å². The molecule has 0 saturated heterocycles. The summed E-state index contributed by atoms with van der Waals surface area (Å²) in [6.45, 7) is 1.59. The topological polar surface area (TPSA) is 79.5 Å². The molecule has 1 aromatic heterocycles. The van der Waals surface area contributed by atoms with Gasteiger partial charge in [0.15, 0.2) is 0 Å². The molecule has 2 aromatic carbocycles. The average molecular weight is 466 g/mol. The molecule has 5 nitrogen and oxygen atoms in total. The van der Waals surface area contributed by atoms with Crippen molar-refractivity contribution < 1.29 is 33.0 Å². The van der Waals surface area contributed by atoms with E-state index < -0.39 is 29.5 Å². The maximum atomic E-state index is 13.3. The SMILES string of the molecule is Cc1c(C(C(=O)O)C2CCC2)c2cc(O)c(Cl)cc2n1C(=O)c1ccc(C(F)(F)F)cc1. The van der Waals surface area contributed by atoms with Gasteiger partial charge in [-0.05, 0) is 67.6 Å². The largest absolute Gasteiger partial charge is 0.506 e. The number of phenols is 1. The number of hydrogen-bond acceptors (Lipinski definition) is 3. The number of aliphatic carboxylic acids is 1. The van der Waals surface area contributed by atoms with E-state index in [1.165, 1.54) is 16.7 Å². The molecule has 1 aliphatic rings. The zero-order valence-corrected chi connectivity index (χ0v) is 17.7. The number of alkyl halides is 3. The summed E-state index contributed by atoms with van der Waals surface area (Å²) in [5.74, 6) is -2.89. The van der Waals surface area contributed by atoms with Gasteiger partial charge in [0, 0.05) is 16.6 Å². The number of carboxylic acids is 1. The first kappa shape index (κ1) is 22.2. The molecule has 168 valence electrons. The van der Waals surface area contributed by atoms with E-state index in [2.05, 4.69) is 0 Å². The highest BCUT2D eigenvalue weighted by molar-refractivity contribution is 6.33. The number of phenolic OH excluding ortho intramolecular Hbond substituents is 1. The summed E-state index contributed by atoms with van der Waals surface area (Å²) in [4.78, 5) is 25.5. The van der Waals surface area contributed by atoms with Crippen LogP contribution in [0, 0.1) is 12.8 Å². The molecule has 0 aliphatic heterocycles. The van der Waals surface area contributed by atoms with Crippen molar-refractivity contribution >= 4 is 34.4 Å². The first-order chi connectivity index (χ1) is 15.0. The Bertz CT molecular complexity index is 1230. The van der Waals surface area contributed by atoms with Gasteiger partial charge >= 0.3 is 12.1 Å². The zero-order chi connectivity index (χ0) is 23.4. The number of fused-ring (bicyclic) bond motifs is 1. The van der Waals surface area contributed by atoms with Crippen LogP contribution >= 0.6 is 11.6 Å². The van der Waals surface area contributed by atoms with Gasteiger partial charge in [-0.25, -0.2) is 0 Å². The minimum absolute atomic E-state index is 0.00395. The Balaban J connectivity index is 1.91. The fourth-order valence-corrected chi connectivity index (χ4v) is 4.53. The van der Waals surface area contributed by atoms with Crippen molar-refractivity contribution in [1.82, 2.24) is 4.57 Å². The second-order valence-electron chi connectivity index (χ2n) is 8.04. The van der Waals surface area contributed by atoms with E-state index in [0.717, 1.165) is 43.5 Å². The lowest BCUT2D eigenvalue weighted by atomic mass is 9.72. The molecule has 0 spiro atoms. The Hall–Kier alpha value is -3.00. The third-order valence-corrected chi connectivity index (χ3v) is 6.48. The summed E-state index contributed by atoms with van der Waals surface area (Å²) in [5.41, 5.74) is 0.169. The third kappa shape index (κ3) is 3.62. The molecule has 1 saturated carbocycles. The maximum Gasteiger partial charge on any atom is 0.416 e. The summed E-state index contributed by atoms with van der Waals surface area (Å²) in [6, 6.07) is 6.51. The van der Waals surface area contributed by atoms with Crippen molar-refractivity contribution in [3.05, 3.63) is 63.8 Å². The molecule has 0 radical (unpaired) electrons. The van der Waals surface area contributed by atoms with Crippen molar-refractivity contribution in [3.8, 4) is 5.75 Å². The monoisotopic (exact) mass is 465 g/mol. The van der Waals surface area contributed by atoms with Gasteiger partial charge < -0.3 is 10.2 Å². The molecular formula is C23H19ClF3NO4. The molecule has 1 unspecified atom stereocenters. The van der Waals surface area contributed by atoms with Crippen LogP contribution in [0.15, 0.2) is 36.4 Å². The van der Waals surface area contributed by atoms with Crippen LogP contribution in [-0.4, -0.2) is 26.7 Å². The Morgan fingerprint density at radius 1 is 1.16 bits per heavy atom. The van der Waals surface area contributed by atoms with Gasteiger partial charge in [-0.2, -0.15) is 13.2 Å². The molecule has 0 bridgehead atoms. The number of benzene rings is 2. The fourth-order valence-electron chi connectivity index (χ4n) is 4.37. The molecule has 1 fully saturated rings.